The number of nitrogens with zero attached hydrogens (tertiary/aromatic N) is 4. The van der Waals surface area contributed by atoms with Crippen LogP contribution in [0.2, 0.25) is 25.7 Å². The lowest BCUT2D eigenvalue weighted by atomic mass is 9.72. The first-order chi connectivity index (χ1) is 19.8. The largest absolute Gasteiger partial charge is 0.375 e. The van der Waals surface area contributed by atoms with Gasteiger partial charge in [-0.05, 0) is 42.7 Å². The lowest BCUT2D eigenvalue weighted by Gasteiger charge is -2.48. The molecular formula is C30H42N4O7Si. The molecule has 0 aromatic heterocycles. The average Bonchev–Trinajstić information content (AvgIpc) is 3.11. The van der Waals surface area contributed by atoms with E-state index in [1.807, 2.05) is 30.3 Å². The highest BCUT2D eigenvalue weighted by atomic mass is 28.3. The van der Waals surface area contributed by atoms with Crippen molar-refractivity contribution in [3.05, 3.63) is 35.9 Å². The fourth-order valence-corrected chi connectivity index (χ4v) is 7.01. The van der Waals surface area contributed by atoms with Crippen LogP contribution in [0.3, 0.4) is 0 Å². The van der Waals surface area contributed by atoms with E-state index in [4.69, 9.17) is 9.47 Å². The van der Waals surface area contributed by atoms with Crippen molar-refractivity contribution >= 4 is 37.9 Å². The molecule has 0 bridgehead atoms. The van der Waals surface area contributed by atoms with E-state index < -0.39 is 31.5 Å². The van der Waals surface area contributed by atoms with Crippen molar-refractivity contribution in [2.24, 2.45) is 5.41 Å². The number of ether oxygens (including phenoxy) is 2. The van der Waals surface area contributed by atoms with Crippen LogP contribution in [0.15, 0.2) is 30.3 Å². The maximum absolute atomic E-state index is 13.5. The molecule has 5 rings (SSSR count). The van der Waals surface area contributed by atoms with E-state index in [-0.39, 0.29) is 56.3 Å². The van der Waals surface area contributed by atoms with E-state index in [1.54, 1.807) is 4.90 Å². The zero-order valence-electron chi connectivity index (χ0n) is 25.1. The van der Waals surface area contributed by atoms with Crippen LogP contribution in [-0.4, -0.2) is 102 Å². The molecule has 12 heteroatoms. The highest BCUT2D eigenvalue weighted by Crippen LogP contribution is 2.43. The minimum absolute atomic E-state index is 0.0590. The fraction of sp³-hybridized carbons (Fsp3) is 0.633. The molecule has 4 fully saturated rings. The Hall–Kier alpha value is -3.09. The Morgan fingerprint density at radius 2 is 1.60 bits per heavy atom. The average molecular weight is 599 g/mol. The molecule has 1 saturated carbocycles. The number of urea groups is 2. The summed E-state index contributed by atoms with van der Waals surface area (Å²) in [5.41, 5.74) is -0.486. The van der Waals surface area contributed by atoms with E-state index >= 15 is 0 Å². The van der Waals surface area contributed by atoms with E-state index in [9.17, 15) is 24.0 Å². The van der Waals surface area contributed by atoms with Crippen LogP contribution < -0.4 is 0 Å². The summed E-state index contributed by atoms with van der Waals surface area (Å²) in [6.07, 6.45) is 2.11. The number of carbonyl (C=O) groups excluding carboxylic acids is 5. The van der Waals surface area contributed by atoms with Gasteiger partial charge >= 0.3 is 12.1 Å². The molecule has 1 aliphatic carbocycles. The topological polar surface area (TPSA) is 117 Å². The molecule has 3 saturated heterocycles. The second-order valence-electron chi connectivity index (χ2n) is 13.7. The molecule has 1 aromatic carbocycles. The summed E-state index contributed by atoms with van der Waals surface area (Å²) in [6, 6.07) is 8.96. The Morgan fingerprint density at radius 3 is 2.19 bits per heavy atom. The zero-order valence-corrected chi connectivity index (χ0v) is 26.1. The molecule has 3 aliphatic heterocycles. The maximum Gasteiger partial charge on any atom is 0.333 e. The number of barbiturate groups is 1. The van der Waals surface area contributed by atoms with Crippen LogP contribution >= 0.6 is 0 Å². The van der Waals surface area contributed by atoms with Gasteiger partial charge in [0.1, 0.15) is 13.2 Å². The number of hydrogen-bond acceptors (Lipinski definition) is 7. The molecule has 0 N–H and O–H groups in total. The smallest absolute Gasteiger partial charge is 0.333 e. The zero-order chi connectivity index (χ0) is 30.3. The quantitative estimate of drug-likeness (QED) is 0.175. The molecular weight excluding hydrogens is 556 g/mol. The number of benzene rings is 1. The molecule has 4 aliphatic rings. The standard InChI is InChI=1S/C30H42N4O7Si/c1-29(18-33-27(38)32(21-40-14-15-42(2,3)4)26(37)30(33)19-41-20-30)12-10-23(11-13-29)34-25(36)16-24(35)31(28(34)39)17-22-8-6-5-7-9-22/h5-9,23H,10-21H2,1-4H3. The normalized spacial score (nSPS) is 26.5. The fourth-order valence-electron chi connectivity index (χ4n) is 6.26. The van der Waals surface area contributed by atoms with Crippen molar-refractivity contribution in [2.75, 3.05) is 33.1 Å². The molecule has 1 aromatic rings. The summed E-state index contributed by atoms with van der Waals surface area (Å²) in [7, 11) is -1.31. The first-order valence-corrected chi connectivity index (χ1v) is 18.5. The van der Waals surface area contributed by atoms with Crippen molar-refractivity contribution in [1.82, 2.24) is 19.6 Å². The molecule has 0 atom stereocenters. The van der Waals surface area contributed by atoms with E-state index in [0.29, 0.717) is 38.8 Å². The maximum atomic E-state index is 13.5. The van der Waals surface area contributed by atoms with Gasteiger partial charge in [0.05, 0.1) is 19.8 Å². The summed E-state index contributed by atoms with van der Waals surface area (Å²) in [6.45, 7) is 10.1. The summed E-state index contributed by atoms with van der Waals surface area (Å²) < 4.78 is 11.2. The van der Waals surface area contributed by atoms with Gasteiger partial charge in [-0.2, -0.15) is 0 Å². The molecule has 11 nitrogen and oxygen atoms in total. The van der Waals surface area contributed by atoms with Gasteiger partial charge in [-0.3, -0.25) is 24.2 Å². The van der Waals surface area contributed by atoms with Crippen LogP contribution in [0.4, 0.5) is 9.59 Å². The minimum Gasteiger partial charge on any atom is -0.375 e. The number of imide groups is 3. The lowest BCUT2D eigenvalue weighted by Crippen LogP contribution is -2.65. The number of amides is 7. The Labute approximate surface area is 248 Å². The first kappa shape index (κ1) is 30.4. The van der Waals surface area contributed by atoms with E-state index in [0.717, 1.165) is 11.6 Å². The SMILES string of the molecule is CC1(CN2C(=O)N(COCC[Si](C)(C)C)C(=O)C23COC3)CCC(N2C(=O)CC(=O)N(Cc3ccccc3)C2=O)CC1. The van der Waals surface area contributed by atoms with Crippen LogP contribution in [0.5, 0.6) is 0 Å². The van der Waals surface area contributed by atoms with Crippen molar-refractivity contribution in [3.8, 4) is 0 Å². The van der Waals surface area contributed by atoms with Crippen molar-refractivity contribution in [2.45, 2.75) is 82.8 Å². The Morgan fingerprint density at radius 1 is 0.929 bits per heavy atom. The predicted molar refractivity (Wildman–Crippen MR) is 156 cm³/mol. The molecule has 228 valence electrons. The molecule has 7 amide bonds. The number of carbonyl (C=O) groups is 5. The molecule has 1 spiro atoms. The third-order valence-electron chi connectivity index (χ3n) is 9.08. The second-order valence-corrected chi connectivity index (χ2v) is 19.3. The van der Waals surface area contributed by atoms with Gasteiger partial charge in [0, 0.05) is 27.3 Å². The van der Waals surface area contributed by atoms with Gasteiger partial charge in [-0.25, -0.2) is 14.5 Å². The molecule has 0 unspecified atom stereocenters. The Bertz CT molecular complexity index is 1240. The first-order valence-electron chi connectivity index (χ1n) is 14.8. The van der Waals surface area contributed by atoms with Crippen molar-refractivity contribution in [3.63, 3.8) is 0 Å². The third kappa shape index (κ3) is 5.89. The van der Waals surface area contributed by atoms with E-state index in [2.05, 4.69) is 26.6 Å². The van der Waals surface area contributed by atoms with E-state index in [1.165, 1.54) is 14.7 Å². The Kier molecular flexibility index (Phi) is 8.34. The Balaban J connectivity index is 1.22. The van der Waals surface area contributed by atoms with Crippen molar-refractivity contribution < 1.29 is 33.4 Å². The van der Waals surface area contributed by atoms with Gasteiger partial charge in [0.25, 0.3) is 5.91 Å². The monoisotopic (exact) mass is 598 g/mol. The van der Waals surface area contributed by atoms with Gasteiger partial charge in [-0.1, -0.05) is 56.9 Å². The third-order valence-corrected chi connectivity index (χ3v) is 10.8. The van der Waals surface area contributed by atoms with Gasteiger partial charge < -0.3 is 14.4 Å². The van der Waals surface area contributed by atoms with Gasteiger partial charge in [0.2, 0.25) is 11.8 Å². The van der Waals surface area contributed by atoms with Crippen LogP contribution in [0, 0.1) is 5.41 Å². The summed E-state index contributed by atoms with van der Waals surface area (Å²) in [5, 5.41) is 0. The predicted octanol–water partition coefficient (Wildman–Crippen LogP) is 3.66. The highest BCUT2D eigenvalue weighted by molar-refractivity contribution is 6.76. The molecule has 42 heavy (non-hydrogen) atoms. The minimum atomic E-state index is -1.31. The van der Waals surface area contributed by atoms with Crippen LogP contribution in [-0.2, 0) is 30.4 Å². The summed E-state index contributed by atoms with van der Waals surface area (Å²) in [5.74, 6) is -1.21. The van der Waals surface area contributed by atoms with Crippen molar-refractivity contribution in [1.29, 1.82) is 0 Å². The van der Waals surface area contributed by atoms with Crippen LogP contribution in [0.25, 0.3) is 0 Å². The number of hydrogen-bond donors (Lipinski definition) is 0. The molecule has 3 heterocycles. The van der Waals surface area contributed by atoms with Gasteiger partial charge in [0.15, 0.2) is 5.54 Å². The second kappa shape index (κ2) is 11.5. The molecule has 0 radical (unpaired) electrons. The summed E-state index contributed by atoms with van der Waals surface area (Å²) in [4.78, 5) is 71.1. The summed E-state index contributed by atoms with van der Waals surface area (Å²) >= 11 is 0. The lowest BCUT2D eigenvalue weighted by molar-refractivity contribution is -0.163. The van der Waals surface area contributed by atoms with Crippen LogP contribution in [0.1, 0.15) is 44.6 Å². The number of rotatable bonds is 10. The highest BCUT2D eigenvalue weighted by Gasteiger charge is 2.63. The van der Waals surface area contributed by atoms with Gasteiger partial charge in [-0.15, -0.1) is 0 Å².